The third-order valence-electron chi connectivity index (χ3n) is 4.70. The Morgan fingerprint density at radius 3 is 2.60 bits per heavy atom. The van der Waals surface area contributed by atoms with Crippen LogP contribution in [0.3, 0.4) is 0 Å². The smallest absolute Gasteiger partial charge is 0.216 e. The Morgan fingerprint density at radius 2 is 2.04 bits per heavy atom. The Hall–Kier alpha value is -1.80. The third-order valence-corrected chi connectivity index (χ3v) is 6.94. The molecule has 0 N–H and O–H groups in total. The van der Waals surface area contributed by atoms with Crippen LogP contribution in [0.4, 0.5) is 0 Å². The number of aryl methyl sites for hydroxylation is 2. The zero-order valence-electron chi connectivity index (χ0n) is 15.1. The average molecular weight is 364 g/mol. The minimum atomic E-state index is -3.17. The first-order valence-corrected chi connectivity index (χ1v) is 10.0. The van der Waals surface area contributed by atoms with Crippen molar-refractivity contribution in [2.24, 2.45) is 5.92 Å². The lowest BCUT2D eigenvalue weighted by Crippen LogP contribution is -2.34. The van der Waals surface area contributed by atoms with Gasteiger partial charge < -0.3 is 4.52 Å². The molecule has 2 aromatic rings. The average Bonchev–Trinajstić information content (AvgIpc) is 3.16. The third kappa shape index (κ3) is 3.59. The van der Waals surface area contributed by atoms with E-state index >= 15 is 0 Å². The highest BCUT2D eigenvalue weighted by Gasteiger charge is 2.33. The van der Waals surface area contributed by atoms with Gasteiger partial charge >= 0.3 is 0 Å². The van der Waals surface area contributed by atoms with Crippen molar-refractivity contribution in [3.8, 4) is 11.3 Å². The van der Waals surface area contributed by atoms with Crippen LogP contribution in [0.25, 0.3) is 11.3 Å². The van der Waals surface area contributed by atoms with Crippen LogP contribution in [0.2, 0.25) is 0 Å². The Kier molecular flexibility index (Phi) is 4.92. The molecule has 2 aromatic heterocycles. The first kappa shape index (κ1) is 18.0. The second kappa shape index (κ2) is 6.84. The molecule has 0 unspecified atom stereocenters. The lowest BCUT2D eigenvalue weighted by atomic mass is 10.0. The number of rotatable bonds is 5. The van der Waals surface area contributed by atoms with Gasteiger partial charge in [0.15, 0.2) is 0 Å². The van der Waals surface area contributed by atoms with Crippen LogP contribution >= 0.6 is 0 Å². The quantitative estimate of drug-likeness (QED) is 0.809. The Labute approximate surface area is 148 Å². The van der Waals surface area contributed by atoms with Gasteiger partial charge in [-0.1, -0.05) is 5.16 Å². The molecule has 1 aliphatic heterocycles. The molecular formula is C17H24N4O3S. The maximum absolute atomic E-state index is 12.3. The predicted molar refractivity (Wildman–Crippen MR) is 94.4 cm³/mol. The molecule has 0 spiro atoms. The van der Waals surface area contributed by atoms with E-state index in [0.717, 1.165) is 41.2 Å². The van der Waals surface area contributed by atoms with Gasteiger partial charge in [0.05, 0.1) is 34.1 Å². The van der Waals surface area contributed by atoms with Crippen LogP contribution in [-0.4, -0.2) is 46.2 Å². The van der Waals surface area contributed by atoms with Crippen molar-refractivity contribution in [2.45, 2.75) is 45.8 Å². The van der Waals surface area contributed by atoms with E-state index in [1.54, 1.807) is 30.5 Å². The van der Waals surface area contributed by atoms with Crippen molar-refractivity contribution in [2.75, 3.05) is 13.1 Å². The summed E-state index contributed by atoms with van der Waals surface area (Å²) in [4.78, 5) is 8.99. The zero-order chi connectivity index (χ0) is 18.2. The highest BCUT2D eigenvalue weighted by Crippen LogP contribution is 2.26. The van der Waals surface area contributed by atoms with Gasteiger partial charge in [-0.15, -0.1) is 0 Å². The van der Waals surface area contributed by atoms with Crippen molar-refractivity contribution in [3.05, 3.63) is 29.5 Å². The van der Waals surface area contributed by atoms with E-state index in [1.165, 1.54) is 0 Å². The molecule has 0 aliphatic carbocycles. The van der Waals surface area contributed by atoms with Gasteiger partial charge in [0.1, 0.15) is 5.76 Å². The van der Waals surface area contributed by atoms with Crippen LogP contribution < -0.4 is 0 Å². The minimum absolute atomic E-state index is 0.285. The molecule has 0 amide bonds. The van der Waals surface area contributed by atoms with E-state index in [4.69, 9.17) is 4.52 Å². The summed E-state index contributed by atoms with van der Waals surface area (Å²) >= 11 is 0. The van der Waals surface area contributed by atoms with Crippen LogP contribution in [0.5, 0.6) is 0 Å². The number of sulfonamides is 1. The molecule has 25 heavy (non-hydrogen) atoms. The molecule has 1 aliphatic rings. The fourth-order valence-corrected chi connectivity index (χ4v) is 4.60. The van der Waals surface area contributed by atoms with E-state index in [9.17, 15) is 8.42 Å². The summed E-state index contributed by atoms with van der Waals surface area (Å²) in [5.74, 6) is 1.01. The monoisotopic (exact) mass is 364 g/mol. The first-order chi connectivity index (χ1) is 11.8. The summed E-state index contributed by atoms with van der Waals surface area (Å²) in [6.07, 6.45) is 5.10. The molecule has 7 nitrogen and oxygen atoms in total. The molecule has 3 rings (SSSR count). The number of aromatic nitrogens is 3. The van der Waals surface area contributed by atoms with Gasteiger partial charge in [-0.05, 0) is 46.5 Å². The first-order valence-electron chi connectivity index (χ1n) is 8.52. The number of hydrogen-bond acceptors (Lipinski definition) is 6. The summed E-state index contributed by atoms with van der Waals surface area (Å²) in [7, 11) is -3.17. The Balaban J connectivity index is 1.67. The van der Waals surface area contributed by atoms with Crippen molar-refractivity contribution in [1.29, 1.82) is 0 Å². The summed E-state index contributed by atoms with van der Waals surface area (Å²) in [5, 5.41) is 3.56. The van der Waals surface area contributed by atoms with Gasteiger partial charge in [0.25, 0.3) is 0 Å². The van der Waals surface area contributed by atoms with E-state index in [-0.39, 0.29) is 11.2 Å². The second-order valence-corrected chi connectivity index (χ2v) is 9.39. The van der Waals surface area contributed by atoms with Crippen molar-refractivity contribution in [3.63, 3.8) is 0 Å². The van der Waals surface area contributed by atoms with Crippen molar-refractivity contribution in [1.82, 2.24) is 19.4 Å². The summed E-state index contributed by atoms with van der Waals surface area (Å²) < 4.78 is 31.3. The molecule has 1 fully saturated rings. The molecule has 0 bridgehead atoms. The predicted octanol–water partition coefficient (Wildman–Crippen LogP) is 2.35. The van der Waals surface area contributed by atoms with Crippen molar-refractivity contribution >= 4 is 10.0 Å². The molecule has 3 heterocycles. The van der Waals surface area contributed by atoms with Gasteiger partial charge in [0.2, 0.25) is 10.0 Å². The van der Waals surface area contributed by atoms with Crippen LogP contribution in [-0.2, 0) is 16.4 Å². The number of nitrogens with zero attached hydrogens (tertiary/aromatic N) is 4. The van der Waals surface area contributed by atoms with Gasteiger partial charge in [-0.3, -0.25) is 9.97 Å². The SMILES string of the molecule is Cc1noc(C)c1-c1cnc(C[C@H]2CCN(S(=O)(=O)C(C)C)C2)cn1. The molecule has 0 saturated carbocycles. The summed E-state index contributed by atoms with van der Waals surface area (Å²) in [6, 6.07) is 0. The van der Waals surface area contributed by atoms with Crippen LogP contribution in [0.1, 0.15) is 37.4 Å². The second-order valence-electron chi connectivity index (χ2n) is 6.90. The maximum atomic E-state index is 12.3. The molecule has 8 heteroatoms. The fraction of sp³-hybridized carbons (Fsp3) is 0.588. The Bertz CT molecular complexity index is 824. The lowest BCUT2D eigenvalue weighted by molar-refractivity contribution is 0.393. The molecule has 1 atom stereocenters. The topological polar surface area (TPSA) is 89.2 Å². The lowest BCUT2D eigenvalue weighted by Gasteiger charge is -2.19. The van der Waals surface area contributed by atoms with Gasteiger partial charge in [0, 0.05) is 19.3 Å². The van der Waals surface area contributed by atoms with Crippen LogP contribution in [0, 0.1) is 19.8 Å². The van der Waals surface area contributed by atoms with E-state index in [0.29, 0.717) is 13.1 Å². The van der Waals surface area contributed by atoms with E-state index in [1.807, 2.05) is 13.8 Å². The van der Waals surface area contributed by atoms with Crippen molar-refractivity contribution < 1.29 is 12.9 Å². The molecule has 1 saturated heterocycles. The molecule has 0 aromatic carbocycles. The van der Waals surface area contributed by atoms with E-state index in [2.05, 4.69) is 15.1 Å². The van der Waals surface area contributed by atoms with E-state index < -0.39 is 10.0 Å². The molecule has 0 radical (unpaired) electrons. The highest BCUT2D eigenvalue weighted by molar-refractivity contribution is 7.89. The van der Waals surface area contributed by atoms with Crippen LogP contribution in [0.15, 0.2) is 16.9 Å². The number of hydrogen-bond donors (Lipinski definition) is 0. The minimum Gasteiger partial charge on any atom is -0.361 e. The van der Waals surface area contributed by atoms with Gasteiger partial charge in [-0.2, -0.15) is 0 Å². The largest absolute Gasteiger partial charge is 0.361 e. The fourth-order valence-electron chi connectivity index (χ4n) is 3.23. The summed E-state index contributed by atoms with van der Waals surface area (Å²) in [6.45, 7) is 8.34. The zero-order valence-corrected chi connectivity index (χ0v) is 15.9. The molecular weight excluding hydrogens is 340 g/mol. The molecule has 136 valence electrons. The standard InChI is InChI=1S/C17H24N4O3S/c1-11(2)25(22,23)21-6-5-14(10-21)7-15-8-19-16(9-18-15)17-12(3)20-24-13(17)4/h8-9,11,14H,5-7,10H2,1-4H3/t14-/m1/s1. The Morgan fingerprint density at radius 1 is 1.28 bits per heavy atom. The highest BCUT2D eigenvalue weighted by atomic mass is 32.2. The summed E-state index contributed by atoms with van der Waals surface area (Å²) in [5.41, 5.74) is 3.30. The maximum Gasteiger partial charge on any atom is 0.216 e. The van der Waals surface area contributed by atoms with Gasteiger partial charge in [-0.25, -0.2) is 12.7 Å². The normalized spacial score (nSPS) is 19.0.